The largest absolute Gasteiger partial charge is 0.394 e. The molecule has 0 spiro atoms. The highest BCUT2D eigenvalue weighted by atomic mass is 19.1. The maximum Gasteiger partial charge on any atom is 0.336 e. The van der Waals surface area contributed by atoms with Gasteiger partial charge in [-0.2, -0.15) is 4.39 Å². The van der Waals surface area contributed by atoms with E-state index in [0.717, 1.165) is 6.92 Å². The van der Waals surface area contributed by atoms with Gasteiger partial charge in [0.2, 0.25) is 11.7 Å². The van der Waals surface area contributed by atoms with Crippen LogP contribution >= 0.6 is 0 Å². The highest BCUT2D eigenvalue weighted by Crippen LogP contribution is 2.28. The highest BCUT2D eigenvalue weighted by Gasteiger charge is 2.51. The van der Waals surface area contributed by atoms with Crippen LogP contribution in [0.3, 0.4) is 0 Å². The van der Waals surface area contributed by atoms with Gasteiger partial charge in [0.25, 0.3) is 5.56 Å². The van der Waals surface area contributed by atoms with Gasteiger partial charge >= 0.3 is 17.8 Å². The topological polar surface area (TPSA) is 303 Å². The Hall–Kier alpha value is -3.54. The average molecular weight is 681 g/mol. The van der Waals surface area contributed by atoms with Crippen molar-refractivity contribution < 1.29 is 63.6 Å². The minimum atomic E-state index is -1.73. The number of nitrogens with one attached hydrogen (secondary N) is 5. The lowest BCUT2D eigenvalue weighted by atomic mass is 9.94. The molecule has 3 heterocycles. The summed E-state index contributed by atoms with van der Waals surface area (Å²) < 4.78 is 30.4. The van der Waals surface area contributed by atoms with Gasteiger partial charge in [0.05, 0.1) is 19.4 Å². The first kappa shape index (κ1) is 37.9. The Morgan fingerprint density at radius 1 is 0.894 bits per heavy atom. The van der Waals surface area contributed by atoms with Crippen LogP contribution in [0.25, 0.3) is 0 Å². The second-order valence-corrected chi connectivity index (χ2v) is 11.0. The molecular weight excluding hydrogens is 639 g/mol. The third-order valence-electron chi connectivity index (χ3n) is 7.49. The van der Waals surface area contributed by atoms with Crippen molar-refractivity contribution in [2.24, 2.45) is 0 Å². The number of hydrogen-bond acceptors (Lipinski definition) is 14. The molecule has 3 rings (SSSR count). The zero-order valence-electron chi connectivity index (χ0n) is 25.3. The smallest absolute Gasteiger partial charge is 0.336 e. The number of nitrogens with zero attached hydrogens (tertiary/aromatic N) is 1. The fraction of sp³-hybridized carbons (Fsp3) is 0.731. The Bertz CT molecular complexity index is 1330. The van der Waals surface area contributed by atoms with Gasteiger partial charge in [0.15, 0.2) is 12.6 Å². The number of aromatic amines is 1. The molecule has 1 aromatic rings. The summed E-state index contributed by atoms with van der Waals surface area (Å²) in [4.78, 5) is 60.6. The quantitative estimate of drug-likeness (QED) is 0.0869. The number of unbranched alkanes of at least 4 members (excludes halogenated alkanes) is 3. The van der Waals surface area contributed by atoms with E-state index < -0.39 is 110 Å². The van der Waals surface area contributed by atoms with E-state index in [1.165, 1.54) is 0 Å². The summed E-state index contributed by atoms with van der Waals surface area (Å²) in [7, 11) is 0. The Kier molecular flexibility index (Phi) is 14.2. The summed E-state index contributed by atoms with van der Waals surface area (Å²) in [5.74, 6) is -1.91. The molecule has 21 heteroatoms. The van der Waals surface area contributed by atoms with E-state index in [2.05, 4.69) is 21.3 Å². The summed E-state index contributed by atoms with van der Waals surface area (Å²) >= 11 is 0. The van der Waals surface area contributed by atoms with E-state index in [4.69, 9.17) is 14.2 Å². The molecule has 20 nitrogen and oxygen atoms in total. The van der Waals surface area contributed by atoms with Gasteiger partial charge in [0, 0.05) is 20.0 Å². The molecule has 0 aliphatic carbocycles. The van der Waals surface area contributed by atoms with Gasteiger partial charge in [-0.3, -0.25) is 14.6 Å². The van der Waals surface area contributed by atoms with Gasteiger partial charge < -0.3 is 66.1 Å². The normalized spacial score (nSPS) is 30.7. The van der Waals surface area contributed by atoms with Crippen molar-refractivity contribution in [3.63, 3.8) is 0 Å². The summed E-state index contributed by atoms with van der Waals surface area (Å²) in [6.07, 6.45) is -10.00. The molecule has 2 aliphatic heterocycles. The van der Waals surface area contributed by atoms with Gasteiger partial charge in [-0.05, 0) is 12.8 Å². The van der Waals surface area contributed by atoms with Gasteiger partial charge in [0.1, 0.15) is 48.7 Å². The maximum atomic E-state index is 13.3. The molecule has 0 unspecified atom stereocenters. The van der Waals surface area contributed by atoms with Crippen LogP contribution in [-0.2, 0) is 19.0 Å². The van der Waals surface area contributed by atoms with Crippen LogP contribution in [0, 0.1) is 5.82 Å². The number of aliphatic hydroxyl groups excluding tert-OH is 6. The first-order valence-corrected chi connectivity index (χ1v) is 14.8. The fourth-order valence-corrected chi connectivity index (χ4v) is 5.03. The number of urea groups is 1. The first-order chi connectivity index (χ1) is 22.3. The zero-order chi connectivity index (χ0) is 34.8. The second kappa shape index (κ2) is 17.6. The number of aliphatic hydroxyl groups is 6. The van der Waals surface area contributed by atoms with Gasteiger partial charge in [-0.25, -0.2) is 19.0 Å². The Morgan fingerprint density at radius 2 is 1.53 bits per heavy atom. The third kappa shape index (κ3) is 9.98. The Labute approximate surface area is 265 Å². The number of H-pyrrole nitrogens is 1. The molecule has 2 fully saturated rings. The van der Waals surface area contributed by atoms with Gasteiger partial charge in [-0.1, -0.05) is 12.8 Å². The second-order valence-electron chi connectivity index (χ2n) is 11.0. The molecule has 10 atom stereocenters. The number of rotatable bonds is 13. The number of hydrogen-bond donors (Lipinski definition) is 11. The molecule has 0 bridgehead atoms. The number of carbonyl (C=O) groups is 3. The third-order valence-corrected chi connectivity index (χ3v) is 7.49. The average Bonchev–Trinajstić information content (AvgIpc) is 3.02. The lowest BCUT2D eigenvalue weighted by Gasteiger charge is -2.47. The maximum absolute atomic E-state index is 13.3. The van der Waals surface area contributed by atoms with E-state index in [1.807, 2.05) is 0 Å². The van der Waals surface area contributed by atoms with Crippen molar-refractivity contribution in [3.8, 4) is 0 Å². The summed E-state index contributed by atoms with van der Waals surface area (Å²) in [5, 5.41) is 71.2. The van der Waals surface area contributed by atoms with Gasteiger partial charge in [-0.15, -0.1) is 0 Å². The van der Waals surface area contributed by atoms with Crippen molar-refractivity contribution in [2.45, 2.75) is 93.9 Å². The van der Waals surface area contributed by atoms with Crippen LogP contribution in [0.2, 0.25) is 0 Å². The molecule has 47 heavy (non-hydrogen) atoms. The van der Waals surface area contributed by atoms with E-state index in [-0.39, 0.29) is 13.1 Å². The number of aromatic nitrogens is 2. The van der Waals surface area contributed by atoms with Crippen LogP contribution in [0.15, 0.2) is 15.8 Å². The predicted molar refractivity (Wildman–Crippen MR) is 153 cm³/mol. The fourth-order valence-electron chi connectivity index (χ4n) is 5.03. The number of carbonyl (C=O) groups excluding carboxylic acids is 3. The van der Waals surface area contributed by atoms with Crippen molar-refractivity contribution in [1.82, 2.24) is 30.8 Å². The van der Waals surface area contributed by atoms with Crippen LogP contribution in [0.4, 0.5) is 14.0 Å². The SMILES string of the molecule is CC(=O)N[C@@H]1[C@@H](O)[C@H](O[C@H]2O[C@@H](CO)[C@@H](O)[C@@H](O)[C@H]2NC(=O)NCCCCCCNC(=O)n2cc(F)c(=O)[nH]c2=O)[C@H](CO)O[C@@H]1O. The zero-order valence-corrected chi connectivity index (χ0v) is 25.3. The van der Waals surface area contributed by atoms with Crippen molar-refractivity contribution in [2.75, 3.05) is 26.3 Å². The molecule has 0 radical (unpaired) electrons. The molecule has 0 saturated carbocycles. The molecule has 2 aliphatic rings. The summed E-state index contributed by atoms with van der Waals surface area (Å²) in [6, 6.07) is -4.59. The minimum absolute atomic E-state index is 0.139. The Morgan fingerprint density at radius 3 is 2.15 bits per heavy atom. The minimum Gasteiger partial charge on any atom is -0.394 e. The standard InChI is InChI=1S/C26H41FN6O14/c1-11(36)30-15-19(39)20(14(10-35)45-22(15)41)47-23-16(18(38)17(37)13(9-34)46-23)31-24(42)28-6-4-2-3-5-7-29-25(43)33-8-12(27)21(40)32-26(33)44/h8,13-20,22-23,34-35,37-39,41H,2-7,9-10H2,1H3,(H,29,43)(H,30,36)(H2,28,31,42)(H,32,40,44)/t13-,14-,15+,16+,17+,18-,19+,20+,22-,23+/m0/s1. The van der Waals surface area contributed by atoms with E-state index in [0.29, 0.717) is 36.4 Å². The van der Waals surface area contributed by atoms with E-state index in [9.17, 15) is 59.0 Å². The predicted octanol–water partition coefficient (Wildman–Crippen LogP) is -5.14. The molecular formula is C26H41FN6O14. The molecule has 11 N–H and O–H groups in total. The lowest BCUT2D eigenvalue weighted by Crippen LogP contribution is -2.69. The molecule has 0 aromatic carbocycles. The molecule has 4 amide bonds. The molecule has 266 valence electrons. The van der Waals surface area contributed by atoms with Crippen LogP contribution in [0.5, 0.6) is 0 Å². The first-order valence-electron chi connectivity index (χ1n) is 14.8. The van der Waals surface area contributed by atoms with Crippen molar-refractivity contribution in [3.05, 3.63) is 32.9 Å². The summed E-state index contributed by atoms with van der Waals surface area (Å²) in [6.45, 7) is -0.0928. The summed E-state index contributed by atoms with van der Waals surface area (Å²) in [5.41, 5.74) is -2.33. The van der Waals surface area contributed by atoms with Crippen molar-refractivity contribution >= 4 is 18.0 Å². The Balaban J connectivity index is 1.49. The number of halogens is 1. The van der Waals surface area contributed by atoms with E-state index >= 15 is 0 Å². The van der Waals surface area contributed by atoms with E-state index in [1.54, 1.807) is 4.98 Å². The lowest BCUT2D eigenvalue weighted by molar-refractivity contribution is -0.327. The number of ether oxygens (including phenoxy) is 3. The highest BCUT2D eigenvalue weighted by molar-refractivity contribution is 5.76. The van der Waals surface area contributed by atoms with Crippen LogP contribution < -0.4 is 32.5 Å². The number of amides is 4. The monoisotopic (exact) mass is 680 g/mol. The van der Waals surface area contributed by atoms with Crippen LogP contribution in [0.1, 0.15) is 32.6 Å². The molecule has 2 saturated heterocycles. The molecule has 1 aromatic heterocycles. The van der Waals surface area contributed by atoms with Crippen molar-refractivity contribution in [1.29, 1.82) is 0 Å². The van der Waals surface area contributed by atoms with Crippen LogP contribution in [-0.4, -0.2) is 146 Å².